The molecule has 0 saturated carbocycles. The van der Waals surface area contributed by atoms with Crippen molar-refractivity contribution in [2.24, 2.45) is 7.05 Å². The fourth-order valence-electron chi connectivity index (χ4n) is 1.58. The van der Waals surface area contributed by atoms with E-state index in [4.69, 9.17) is 16.3 Å². The number of benzene rings is 1. The Morgan fingerprint density at radius 3 is 3.00 bits per heavy atom. The number of aryl methyl sites for hydroxylation is 1. The van der Waals surface area contributed by atoms with Crippen LogP contribution in [0.25, 0.3) is 10.9 Å². The molecule has 0 aliphatic carbocycles. The summed E-state index contributed by atoms with van der Waals surface area (Å²) in [5.74, 6) is -0.407. The van der Waals surface area contributed by atoms with E-state index in [0.29, 0.717) is 17.3 Å². The number of ether oxygens (including phenoxy) is 1. The molecule has 0 amide bonds. The Bertz CT molecular complexity index is 548. The van der Waals surface area contributed by atoms with Crippen LogP contribution >= 0.6 is 11.6 Å². The SMILES string of the molecule is CCOC(=O)c1nn(C)c2cc(Cl)ccc12. The second kappa shape index (κ2) is 4.14. The van der Waals surface area contributed by atoms with Gasteiger partial charge in [-0.1, -0.05) is 11.6 Å². The molecule has 0 aliphatic rings. The second-order valence-corrected chi connectivity index (χ2v) is 3.79. The highest BCUT2D eigenvalue weighted by Crippen LogP contribution is 2.22. The Morgan fingerprint density at radius 1 is 1.56 bits per heavy atom. The van der Waals surface area contributed by atoms with Crippen LogP contribution in [0.5, 0.6) is 0 Å². The molecule has 0 saturated heterocycles. The highest BCUT2D eigenvalue weighted by molar-refractivity contribution is 6.31. The monoisotopic (exact) mass is 238 g/mol. The Morgan fingerprint density at radius 2 is 2.31 bits per heavy atom. The molecule has 0 atom stereocenters. The molecule has 4 nitrogen and oxygen atoms in total. The number of carbonyl (C=O) groups excluding carboxylic acids is 1. The van der Waals surface area contributed by atoms with Gasteiger partial charge in [0.15, 0.2) is 5.69 Å². The van der Waals surface area contributed by atoms with Gasteiger partial charge in [0.25, 0.3) is 0 Å². The quantitative estimate of drug-likeness (QED) is 0.755. The topological polar surface area (TPSA) is 44.1 Å². The Balaban J connectivity index is 2.59. The lowest BCUT2D eigenvalue weighted by molar-refractivity contribution is 0.0521. The van der Waals surface area contributed by atoms with Crippen LogP contribution < -0.4 is 0 Å². The smallest absolute Gasteiger partial charge is 0.359 e. The maximum atomic E-state index is 11.6. The van der Waals surface area contributed by atoms with E-state index < -0.39 is 5.97 Å². The molecule has 1 heterocycles. The normalized spacial score (nSPS) is 10.7. The largest absolute Gasteiger partial charge is 0.461 e. The van der Waals surface area contributed by atoms with Crippen molar-refractivity contribution in [1.82, 2.24) is 9.78 Å². The molecule has 0 bridgehead atoms. The summed E-state index contributed by atoms with van der Waals surface area (Å²) in [7, 11) is 1.77. The average molecular weight is 239 g/mol. The Labute approximate surface area is 97.8 Å². The molecule has 0 aliphatic heterocycles. The van der Waals surface area contributed by atoms with Gasteiger partial charge in [-0.25, -0.2) is 4.79 Å². The zero-order valence-corrected chi connectivity index (χ0v) is 9.78. The molecule has 0 N–H and O–H groups in total. The first-order chi connectivity index (χ1) is 7.63. The third kappa shape index (κ3) is 1.76. The van der Waals surface area contributed by atoms with Crippen LogP contribution in [0.4, 0.5) is 0 Å². The van der Waals surface area contributed by atoms with Crippen LogP contribution in [-0.2, 0) is 11.8 Å². The van der Waals surface area contributed by atoms with Gasteiger partial charge in [-0.15, -0.1) is 0 Å². The molecule has 1 aromatic carbocycles. The minimum Gasteiger partial charge on any atom is -0.461 e. The number of halogens is 1. The molecule has 2 rings (SSSR count). The minimum absolute atomic E-state index is 0.330. The molecular formula is C11H11ClN2O2. The maximum Gasteiger partial charge on any atom is 0.359 e. The Hall–Kier alpha value is -1.55. The third-order valence-electron chi connectivity index (χ3n) is 2.28. The van der Waals surface area contributed by atoms with Crippen LogP contribution in [-0.4, -0.2) is 22.4 Å². The molecule has 0 spiro atoms. The predicted octanol–water partition coefficient (Wildman–Crippen LogP) is 2.40. The van der Waals surface area contributed by atoms with Crippen LogP contribution in [0.2, 0.25) is 5.02 Å². The van der Waals surface area contributed by atoms with Gasteiger partial charge in [0.1, 0.15) is 0 Å². The van der Waals surface area contributed by atoms with Crippen LogP contribution in [0.1, 0.15) is 17.4 Å². The summed E-state index contributed by atoms with van der Waals surface area (Å²) in [6.45, 7) is 2.10. The lowest BCUT2D eigenvalue weighted by Gasteiger charge is -1.97. The molecule has 2 aromatic rings. The van der Waals surface area contributed by atoms with Crippen molar-refractivity contribution < 1.29 is 9.53 Å². The molecule has 5 heteroatoms. The van der Waals surface area contributed by atoms with Gasteiger partial charge in [-0.05, 0) is 25.1 Å². The number of aromatic nitrogens is 2. The molecule has 16 heavy (non-hydrogen) atoms. The van der Waals surface area contributed by atoms with Gasteiger partial charge in [-0.2, -0.15) is 5.10 Å². The van der Waals surface area contributed by atoms with Crippen LogP contribution in [0.3, 0.4) is 0 Å². The number of hydrogen-bond donors (Lipinski definition) is 0. The lowest BCUT2D eigenvalue weighted by Crippen LogP contribution is -2.06. The van der Waals surface area contributed by atoms with Crippen molar-refractivity contribution in [3.05, 3.63) is 28.9 Å². The molecular weight excluding hydrogens is 228 g/mol. The van der Waals surface area contributed by atoms with Crippen molar-refractivity contribution in [3.8, 4) is 0 Å². The van der Waals surface area contributed by atoms with E-state index in [1.54, 1.807) is 36.9 Å². The molecule has 0 fully saturated rings. The fraction of sp³-hybridized carbons (Fsp3) is 0.273. The van der Waals surface area contributed by atoms with E-state index in [9.17, 15) is 4.79 Å². The van der Waals surface area contributed by atoms with Crippen molar-refractivity contribution in [3.63, 3.8) is 0 Å². The van der Waals surface area contributed by atoms with Gasteiger partial charge in [-0.3, -0.25) is 4.68 Å². The van der Waals surface area contributed by atoms with Crippen molar-refractivity contribution in [2.45, 2.75) is 6.92 Å². The summed E-state index contributed by atoms with van der Waals surface area (Å²) in [6, 6.07) is 5.28. The van der Waals surface area contributed by atoms with E-state index in [1.165, 1.54) is 0 Å². The van der Waals surface area contributed by atoms with Crippen molar-refractivity contribution in [1.29, 1.82) is 0 Å². The van der Waals surface area contributed by atoms with Crippen LogP contribution in [0.15, 0.2) is 18.2 Å². The van der Waals surface area contributed by atoms with E-state index in [1.807, 2.05) is 0 Å². The van der Waals surface area contributed by atoms with Gasteiger partial charge >= 0.3 is 5.97 Å². The summed E-state index contributed by atoms with van der Waals surface area (Å²) >= 11 is 5.88. The van der Waals surface area contributed by atoms with E-state index >= 15 is 0 Å². The summed E-state index contributed by atoms with van der Waals surface area (Å²) < 4.78 is 6.55. The number of carbonyl (C=O) groups is 1. The first-order valence-electron chi connectivity index (χ1n) is 4.93. The fourth-order valence-corrected chi connectivity index (χ4v) is 1.75. The van der Waals surface area contributed by atoms with Gasteiger partial charge in [0.2, 0.25) is 0 Å². The van der Waals surface area contributed by atoms with Gasteiger partial charge < -0.3 is 4.74 Å². The predicted molar refractivity (Wildman–Crippen MR) is 61.7 cm³/mol. The van der Waals surface area contributed by atoms with E-state index in [0.717, 1.165) is 10.9 Å². The number of esters is 1. The first kappa shape index (κ1) is 11.0. The third-order valence-corrected chi connectivity index (χ3v) is 2.52. The van der Waals surface area contributed by atoms with E-state index in [2.05, 4.69) is 5.10 Å². The van der Waals surface area contributed by atoms with Crippen molar-refractivity contribution >= 4 is 28.5 Å². The number of hydrogen-bond acceptors (Lipinski definition) is 3. The number of rotatable bonds is 2. The highest BCUT2D eigenvalue weighted by atomic mass is 35.5. The minimum atomic E-state index is -0.407. The summed E-state index contributed by atoms with van der Waals surface area (Å²) in [6.07, 6.45) is 0. The summed E-state index contributed by atoms with van der Waals surface area (Å²) in [5, 5.41) is 5.50. The maximum absolute atomic E-state index is 11.6. The molecule has 1 aromatic heterocycles. The molecule has 0 unspecified atom stereocenters. The number of fused-ring (bicyclic) bond motifs is 1. The molecule has 84 valence electrons. The number of nitrogens with zero attached hydrogens (tertiary/aromatic N) is 2. The average Bonchev–Trinajstić information content (AvgIpc) is 2.56. The Kier molecular flexibility index (Phi) is 2.83. The van der Waals surface area contributed by atoms with Gasteiger partial charge in [0, 0.05) is 17.5 Å². The van der Waals surface area contributed by atoms with Crippen molar-refractivity contribution in [2.75, 3.05) is 6.61 Å². The summed E-state index contributed by atoms with van der Waals surface area (Å²) in [5.41, 5.74) is 1.14. The van der Waals surface area contributed by atoms with Gasteiger partial charge in [0.05, 0.1) is 12.1 Å². The zero-order chi connectivity index (χ0) is 11.7. The van der Waals surface area contributed by atoms with Crippen LogP contribution in [0, 0.1) is 0 Å². The zero-order valence-electron chi connectivity index (χ0n) is 9.03. The highest BCUT2D eigenvalue weighted by Gasteiger charge is 2.16. The summed E-state index contributed by atoms with van der Waals surface area (Å²) in [4.78, 5) is 11.6. The second-order valence-electron chi connectivity index (χ2n) is 3.35. The van der Waals surface area contributed by atoms with E-state index in [-0.39, 0.29) is 0 Å². The lowest BCUT2D eigenvalue weighted by atomic mass is 10.2. The first-order valence-corrected chi connectivity index (χ1v) is 5.30. The molecule has 0 radical (unpaired) electrons. The standard InChI is InChI=1S/C11H11ClN2O2/c1-3-16-11(15)10-8-5-4-7(12)6-9(8)14(2)13-10/h4-6H,3H2,1-2H3.